The Bertz CT molecular complexity index is 573. The molecule has 1 aliphatic rings. The molecule has 17 heavy (non-hydrogen) atoms. The second kappa shape index (κ2) is 3.81. The second-order valence-electron chi connectivity index (χ2n) is 4.22. The summed E-state index contributed by atoms with van der Waals surface area (Å²) >= 11 is 0. The van der Waals surface area contributed by atoms with Crippen molar-refractivity contribution in [1.82, 2.24) is 0 Å². The van der Waals surface area contributed by atoms with Crippen LogP contribution in [0.1, 0.15) is 11.1 Å². The number of rotatable bonds is 2. The zero-order valence-corrected chi connectivity index (χ0v) is 9.99. The lowest BCUT2D eigenvalue weighted by Crippen LogP contribution is -1.85. The summed E-state index contributed by atoms with van der Waals surface area (Å²) in [4.78, 5) is 0. The standard InChI is InChI=1S/C15H14O2/c1-16-12-5-6-14-11(8-12)7-10-3-4-13(17-2)9-15(10)14/h3-6,8-9H,7H2,1-2H3. The van der Waals surface area contributed by atoms with E-state index in [9.17, 15) is 0 Å². The van der Waals surface area contributed by atoms with Crippen LogP contribution < -0.4 is 9.47 Å². The van der Waals surface area contributed by atoms with Gasteiger partial charge in [-0.1, -0.05) is 12.1 Å². The molecule has 0 fully saturated rings. The predicted octanol–water partition coefficient (Wildman–Crippen LogP) is 3.28. The van der Waals surface area contributed by atoms with Crippen molar-refractivity contribution >= 4 is 0 Å². The lowest BCUT2D eigenvalue weighted by molar-refractivity contribution is 0.414. The van der Waals surface area contributed by atoms with E-state index in [1.54, 1.807) is 14.2 Å². The molecule has 0 aliphatic heterocycles. The van der Waals surface area contributed by atoms with Gasteiger partial charge in [-0.3, -0.25) is 0 Å². The van der Waals surface area contributed by atoms with E-state index in [-0.39, 0.29) is 0 Å². The number of hydrogen-bond donors (Lipinski definition) is 0. The monoisotopic (exact) mass is 226 g/mol. The number of ether oxygens (including phenoxy) is 2. The van der Waals surface area contributed by atoms with Gasteiger partial charge >= 0.3 is 0 Å². The molecule has 0 aromatic heterocycles. The van der Waals surface area contributed by atoms with Gasteiger partial charge < -0.3 is 9.47 Å². The highest BCUT2D eigenvalue weighted by Gasteiger charge is 2.19. The fourth-order valence-corrected chi connectivity index (χ4v) is 2.40. The Morgan fingerprint density at radius 1 is 0.765 bits per heavy atom. The fourth-order valence-electron chi connectivity index (χ4n) is 2.40. The smallest absolute Gasteiger partial charge is 0.119 e. The Balaban J connectivity index is 2.13. The molecule has 0 heterocycles. The van der Waals surface area contributed by atoms with Crippen LogP contribution in [0.2, 0.25) is 0 Å². The first-order valence-electron chi connectivity index (χ1n) is 5.66. The second-order valence-corrected chi connectivity index (χ2v) is 4.22. The lowest BCUT2D eigenvalue weighted by atomic mass is 10.1. The van der Waals surface area contributed by atoms with Gasteiger partial charge in [0.25, 0.3) is 0 Å². The van der Waals surface area contributed by atoms with Crippen molar-refractivity contribution in [3.63, 3.8) is 0 Å². The van der Waals surface area contributed by atoms with Crippen LogP contribution in [0.5, 0.6) is 11.5 Å². The Morgan fingerprint density at radius 3 is 2.24 bits per heavy atom. The summed E-state index contributed by atoms with van der Waals surface area (Å²) in [6.07, 6.45) is 0.978. The van der Waals surface area contributed by atoms with Crippen LogP contribution >= 0.6 is 0 Å². The van der Waals surface area contributed by atoms with Crippen molar-refractivity contribution in [2.75, 3.05) is 14.2 Å². The van der Waals surface area contributed by atoms with Crippen LogP contribution in [-0.4, -0.2) is 14.2 Å². The van der Waals surface area contributed by atoms with Gasteiger partial charge in [-0.2, -0.15) is 0 Å². The average molecular weight is 226 g/mol. The van der Waals surface area contributed by atoms with Crippen molar-refractivity contribution in [3.8, 4) is 22.6 Å². The molecule has 0 atom stereocenters. The largest absolute Gasteiger partial charge is 0.497 e. The van der Waals surface area contributed by atoms with Crippen molar-refractivity contribution in [2.24, 2.45) is 0 Å². The highest BCUT2D eigenvalue weighted by Crippen LogP contribution is 2.39. The molecule has 0 unspecified atom stereocenters. The molecule has 86 valence electrons. The van der Waals surface area contributed by atoms with Gasteiger partial charge in [0.2, 0.25) is 0 Å². The number of hydrogen-bond acceptors (Lipinski definition) is 2. The maximum Gasteiger partial charge on any atom is 0.119 e. The number of benzene rings is 2. The maximum absolute atomic E-state index is 5.27. The van der Waals surface area contributed by atoms with E-state index < -0.39 is 0 Å². The molecule has 3 rings (SSSR count). The van der Waals surface area contributed by atoms with E-state index >= 15 is 0 Å². The molecule has 0 radical (unpaired) electrons. The first-order valence-corrected chi connectivity index (χ1v) is 5.66. The molecule has 0 saturated carbocycles. The zero-order chi connectivity index (χ0) is 11.8. The maximum atomic E-state index is 5.27. The quantitative estimate of drug-likeness (QED) is 0.667. The fraction of sp³-hybridized carbons (Fsp3) is 0.200. The summed E-state index contributed by atoms with van der Waals surface area (Å²) in [7, 11) is 3.40. The Hall–Kier alpha value is -1.96. The average Bonchev–Trinajstić information content (AvgIpc) is 2.74. The van der Waals surface area contributed by atoms with E-state index in [0.717, 1.165) is 17.9 Å². The minimum Gasteiger partial charge on any atom is -0.497 e. The summed E-state index contributed by atoms with van der Waals surface area (Å²) in [5.41, 5.74) is 5.25. The van der Waals surface area contributed by atoms with Gasteiger partial charge in [0, 0.05) is 0 Å². The minimum atomic E-state index is 0.910. The third-order valence-electron chi connectivity index (χ3n) is 3.30. The molecule has 0 bridgehead atoms. The van der Waals surface area contributed by atoms with Crippen LogP contribution in [0.15, 0.2) is 36.4 Å². The molecule has 0 amide bonds. The summed E-state index contributed by atoms with van der Waals surface area (Å²) < 4.78 is 10.5. The third-order valence-corrected chi connectivity index (χ3v) is 3.30. The van der Waals surface area contributed by atoms with Gasteiger partial charge in [-0.25, -0.2) is 0 Å². The molecule has 1 aliphatic carbocycles. The predicted molar refractivity (Wildman–Crippen MR) is 67.8 cm³/mol. The molecule has 2 heteroatoms. The SMILES string of the molecule is COc1ccc2c(c1)Cc1ccc(OC)cc1-2. The summed E-state index contributed by atoms with van der Waals surface area (Å²) in [6, 6.07) is 12.5. The van der Waals surface area contributed by atoms with Gasteiger partial charge in [0.1, 0.15) is 11.5 Å². The van der Waals surface area contributed by atoms with E-state index in [1.165, 1.54) is 22.3 Å². The first-order chi connectivity index (χ1) is 8.31. The first kappa shape index (κ1) is 10.2. The molecule has 0 spiro atoms. The van der Waals surface area contributed by atoms with E-state index in [2.05, 4.69) is 24.3 Å². The molecule has 2 aromatic rings. The Kier molecular flexibility index (Phi) is 2.29. The lowest BCUT2D eigenvalue weighted by Gasteiger charge is -2.05. The number of methoxy groups -OCH3 is 2. The van der Waals surface area contributed by atoms with Crippen LogP contribution in [-0.2, 0) is 6.42 Å². The topological polar surface area (TPSA) is 18.5 Å². The zero-order valence-electron chi connectivity index (χ0n) is 9.99. The van der Waals surface area contributed by atoms with Crippen molar-refractivity contribution in [2.45, 2.75) is 6.42 Å². The van der Waals surface area contributed by atoms with Crippen LogP contribution in [0, 0.1) is 0 Å². The van der Waals surface area contributed by atoms with Crippen LogP contribution in [0.3, 0.4) is 0 Å². The van der Waals surface area contributed by atoms with Gasteiger partial charge in [-0.05, 0) is 52.9 Å². The summed E-state index contributed by atoms with van der Waals surface area (Å²) in [5, 5.41) is 0. The van der Waals surface area contributed by atoms with Crippen molar-refractivity contribution in [1.29, 1.82) is 0 Å². The van der Waals surface area contributed by atoms with E-state index in [4.69, 9.17) is 9.47 Å². The highest BCUT2D eigenvalue weighted by atomic mass is 16.5. The minimum absolute atomic E-state index is 0.910. The van der Waals surface area contributed by atoms with Gasteiger partial charge in [-0.15, -0.1) is 0 Å². The molecule has 2 aromatic carbocycles. The van der Waals surface area contributed by atoms with Gasteiger partial charge in [0.15, 0.2) is 0 Å². The van der Waals surface area contributed by atoms with E-state index in [1.807, 2.05) is 12.1 Å². The summed E-state index contributed by atoms with van der Waals surface area (Å²) in [5.74, 6) is 1.83. The van der Waals surface area contributed by atoms with Crippen molar-refractivity contribution < 1.29 is 9.47 Å². The molecular formula is C15H14O2. The molecule has 0 N–H and O–H groups in total. The third kappa shape index (κ3) is 1.57. The van der Waals surface area contributed by atoms with Crippen LogP contribution in [0.25, 0.3) is 11.1 Å². The normalized spacial score (nSPS) is 11.9. The summed E-state index contributed by atoms with van der Waals surface area (Å²) in [6.45, 7) is 0. The Labute approximate surface area is 101 Å². The molecular weight excluding hydrogens is 212 g/mol. The highest BCUT2D eigenvalue weighted by molar-refractivity contribution is 5.78. The molecule has 0 saturated heterocycles. The van der Waals surface area contributed by atoms with Crippen molar-refractivity contribution in [3.05, 3.63) is 47.5 Å². The molecule has 2 nitrogen and oxygen atoms in total. The van der Waals surface area contributed by atoms with Gasteiger partial charge in [0.05, 0.1) is 14.2 Å². The van der Waals surface area contributed by atoms with Crippen LogP contribution in [0.4, 0.5) is 0 Å². The Morgan fingerprint density at radius 2 is 1.47 bits per heavy atom. The van der Waals surface area contributed by atoms with E-state index in [0.29, 0.717) is 0 Å². The number of fused-ring (bicyclic) bond motifs is 3.